The smallest absolute Gasteiger partial charge is 0.326 e. The Morgan fingerprint density at radius 2 is 1.14 bits per heavy atom. The van der Waals surface area contributed by atoms with Gasteiger partial charge in [-0.3, -0.25) is 14.4 Å². The van der Waals surface area contributed by atoms with Crippen LogP contribution in [0.5, 0.6) is 0 Å². The van der Waals surface area contributed by atoms with E-state index in [0.29, 0.717) is 17.1 Å². The molecular weight excluding hydrogens is 504 g/mol. The molecule has 0 bridgehead atoms. The number of carboxylic acid groups (broad SMARTS) is 1. The highest BCUT2D eigenvalue weighted by Crippen LogP contribution is 2.06. The fraction of sp³-hybridized carbons (Fsp3) is 0.381. The van der Waals surface area contributed by atoms with Gasteiger partial charge in [0.15, 0.2) is 0 Å². The molecule has 0 aromatic carbocycles. The Morgan fingerprint density at radius 1 is 0.757 bits per heavy atom. The van der Waals surface area contributed by atoms with Crippen LogP contribution in [0.2, 0.25) is 0 Å². The van der Waals surface area contributed by atoms with E-state index in [9.17, 15) is 24.3 Å². The number of thiol groups is 1. The van der Waals surface area contributed by atoms with Gasteiger partial charge in [0.25, 0.3) is 0 Å². The number of carbonyl (C=O) groups excluding carboxylic acids is 3. The maximum absolute atomic E-state index is 13.3. The minimum absolute atomic E-state index is 0.0190. The molecule has 16 heteroatoms. The molecule has 0 radical (unpaired) electrons. The minimum atomic E-state index is -1.29. The number of aromatic nitrogens is 6. The summed E-state index contributed by atoms with van der Waals surface area (Å²) in [5.74, 6) is -3.24. The Balaban J connectivity index is 1.78. The second kappa shape index (κ2) is 13.2. The van der Waals surface area contributed by atoms with Gasteiger partial charge in [0.05, 0.1) is 25.0 Å². The Hall–Kier alpha value is -4.18. The zero-order chi connectivity index (χ0) is 26.8. The highest BCUT2D eigenvalue weighted by Gasteiger charge is 2.31. The van der Waals surface area contributed by atoms with Crippen molar-refractivity contribution in [2.75, 3.05) is 5.75 Å². The second-order valence-electron chi connectivity index (χ2n) is 8.15. The summed E-state index contributed by atoms with van der Waals surface area (Å²) < 4.78 is 0. The summed E-state index contributed by atoms with van der Waals surface area (Å²) in [7, 11) is 0. The molecule has 3 aromatic rings. The molecule has 0 saturated carbocycles. The molecule has 0 aliphatic rings. The van der Waals surface area contributed by atoms with E-state index in [1.165, 1.54) is 37.6 Å². The zero-order valence-corrected chi connectivity index (χ0v) is 20.4. The fourth-order valence-electron chi connectivity index (χ4n) is 3.37. The fourth-order valence-corrected chi connectivity index (χ4v) is 3.54. The summed E-state index contributed by atoms with van der Waals surface area (Å²) in [5.41, 5.74) is 7.32. The number of H-pyrrole nitrogens is 3. The van der Waals surface area contributed by atoms with Crippen molar-refractivity contribution in [3.05, 3.63) is 54.7 Å². The number of hydrogen-bond donors (Lipinski definition) is 9. The number of rotatable bonds is 14. The topological polar surface area (TPSA) is 237 Å². The molecule has 0 aliphatic heterocycles. The summed E-state index contributed by atoms with van der Waals surface area (Å²) in [5, 5.41) is 17.3. The SMILES string of the molecule is NC(CS)C(=O)NC(Cc1cnc[nH]1)C(=O)NC(Cc1cnc[nH]1)C(=O)NC(Cc1cnc[nH]1)C(=O)O. The van der Waals surface area contributed by atoms with Crippen LogP contribution in [-0.2, 0) is 38.4 Å². The van der Waals surface area contributed by atoms with Gasteiger partial charge in [-0.05, 0) is 0 Å². The van der Waals surface area contributed by atoms with Crippen LogP contribution in [-0.4, -0.2) is 88.6 Å². The van der Waals surface area contributed by atoms with Crippen LogP contribution in [0, 0.1) is 0 Å². The lowest BCUT2D eigenvalue weighted by atomic mass is 10.1. The number of nitrogens with two attached hydrogens (primary N) is 1. The zero-order valence-electron chi connectivity index (χ0n) is 19.5. The highest BCUT2D eigenvalue weighted by molar-refractivity contribution is 7.80. The van der Waals surface area contributed by atoms with Gasteiger partial charge in [0.2, 0.25) is 17.7 Å². The first kappa shape index (κ1) is 27.4. The Bertz CT molecular complexity index is 1150. The number of nitrogens with one attached hydrogen (secondary N) is 6. The second-order valence-corrected chi connectivity index (χ2v) is 8.52. The predicted octanol–water partition coefficient (Wildman–Crippen LogP) is -2.32. The van der Waals surface area contributed by atoms with Crippen LogP contribution in [0.15, 0.2) is 37.6 Å². The number of aromatic amines is 3. The van der Waals surface area contributed by atoms with Crippen LogP contribution < -0.4 is 21.7 Å². The summed E-state index contributed by atoms with van der Waals surface area (Å²) in [4.78, 5) is 70.8. The molecule has 0 saturated heterocycles. The van der Waals surface area contributed by atoms with Gasteiger partial charge in [-0.25, -0.2) is 19.7 Å². The summed E-state index contributed by atoms with van der Waals surface area (Å²) >= 11 is 4.01. The number of carbonyl (C=O) groups is 4. The quantitative estimate of drug-likeness (QED) is 0.101. The molecule has 0 aliphatic carbocycles. The number of amides is 3. The van der Waals surface area contributed by atoms with Gasteiger partial charge in [0.1, 0.15) is 18.1 Å². The first-order valence-corrected chi connectivity index (χ1v) is 11.8. The third-order valence-electron chi connectivity index (χ3n) is 5.35. The maximum atomic E-state index is 13.3. The van der Waals surface area contributed by atoms with Gasteiger partial charge in [-0.1, -0.05) is 0 Å². The molecular formula is C21H28N10O5S. The van der Waals surface area contributed by atoms with E-state index in [-0.39, 0.29) is 25.0 Å². The first-order valence-electron chi connectivity index (χ1n) is 11.2. The molecule has 4 unspecified atom stereocenters. The van der Waals surface area contributed by atoms with Crippen molar-refractivity contribution in [1.82, 2.24) is 45.9 Å². The monoisotopic (exact) mass is 532 g/mol. The lowest BCUT2D eigenvalue weighted by Crippen LogP contribution is -2.58. The molecule has 0 spiro atoms. The number of carboxylic acids is 1. The molecule has 3 amide bonds. The van der Waals surface area contributed by atoms with Gasteiger partial charge in [-0.2, -0.15) is 12.6 Å². The Kier molecular flexibility index (Phi) is 9.79. The van der Waals surface area contributed by atoms with Crippen LogP contribution in [0.1, 0.15) is 17.1 Å². The summed E-state index contributed by atoms with van der Waals surface area (Å²) in [6, 6.07) is -4.56. The van der Waals surface area contributed by atoms with Gasteiger partial charge in [0, 0.05) is 60.7 Å². The van der Waals surface area contributed by atoms with Gasteiger partial charge < -0.3 is 41.7 Å². The molecule has 15 nitrogen and oxygen atoms in total. The normalized spacial score (nSPS) is 14.2. The summed E-state index contributed by atoms with van der Waals surface area (Å²) in [6.07, 6.45) is 8.60. The molecule has 198 valence electrons. The number of aliphatic carboxylic acids is 1. The molecule has 9 N–H and O–H groups in total. The Labute approximate surface area is 216 Å². The van der Waals surface area contributed by atoms with E-state index in [0.717, 1.165) is 0 Å². The van der Waals surface area contributed by atoms with Crippen LogP contribution in [0.25, 0.3) is 0 Å². The largest absolute Gasteiger partial charge is 0.480 e. The Morgan fingerprint density at radius 3 is 1.49 bits per heavy atom. The third kappa shape index (κ3) is 8.18. The van der Waals surface area contributed by atoms with Crippen molar-refractivity contribution in [3.8, 4) is 0 Å². The molecule has 37 heavy (non-hydrogen) atoms. The van der Waals surface area contributed by atoms with E-state index in [1.54, 1.807) is 0 Å². The predicted molar refractivity (Wildman–Crippen MR) is 132 cm³/mol. The lowest BCUT2D eigenvalue weighted by molar-refractivity contribution is -0.142. The van der Waals surface area contributed by atoms with E-state index < -0.39 is 47.9 Å². The number of imidazole rings is 3. The average Bonchev–Trinajstić information content (AvgIpc) is 3.66. The highest BCUT2D eigenvalue weighted by atomic mass is 32.1. The van der Waals surface area contributed by atoms with E-state index in [1.807, 2.05) is 0 Å². The van der Waals surface area contributed by atoms with E-state index >= 15 is 0 Å². The molecule has 3 rings (SSSR count). The molecule has 3 heterocycles. The van der Waals surface area contributed by atoms with Gasteiger partial charge >= 0.3 is 5.97 Å². The third-order valence-corrected chi connectivity index (χ3v) is 5.74. The summed E-state index contributed by atoms with van der Waals surface area (Å²) in [6.45, 7) is 0. The molecule has 4 atom stereocenters. The standard InChI is InChI=1S/C21H28N10O5S/c22-14(7-37)18(32)29-15(1-11-4-23-8-26-11)19(33)30-16(2-12-5-24-9-27-12)20(34)31-17(21(35)36)3-13-6-25-10-28-13/h4-6,8-10,14-17,37H,1-3,7,22H2,(H,23,26)(H,24,27)(H,25,28)(H,29,32)(H,30,33)(H,31,34)(H,35,36). The van der Waals surface area contributed by atoms with E-state index in [2.05, 4.69) is 58.5 Å². The van der Waals surface area contributed by atoms with E-state index in [4.69, 9.17) is 5.73 Å². The van der Waals surface area contributed by atoms with Crippen molar-refractivity contribution in [2.24, 2.45) is 5.73 Å². The van der Waals surface area contributed by atoms with Crippen LogP contribution in [0.3, 0.4) is 0 Å². The van der Waals surface area contributed by atoms with Crippen molar-refractivity contribution in [3.63, 3.8) is 0 Å². The van der Waals surface area contributed by atoms with Crippen LogP contribution >= 0.6 is 12.6 Å². The van der Waals surface area contributed by atoms with Crippen molar-refractivity contribution >= 4 is 36.3 Å². The maximum Gasteiger partial charge on any atom is 0.326 e. The van der Waals surface area contributed by atoms with Gasteiger partial charge in [-0.15, -0.1) is 0 Å². The minimum Gasteiger partial charge on any atom is -0.480 e. The lowest BCUT2D eigenvalue weighted by Gasteiger charge is -2.24. The first-order chi connectivity index (χ1) is 17.8. The van der Waals surface area contributed by atoms with Crippen molar-refractivity contribution < 1.29 is 24.3 Å². The number of nitrogens with zero attached hydrogens (tertiary/aromatic N) is 3. The average molecular weight is 533 g/mol. The van der Waals surface area contributed by atoms with Crippen molar-refractivity contribution in [1.29, 1.82) is 0 Å². The van der Waals surface area contributed by atoms with Crippen LogP contribution in [0.4, 0.5) is 0 Å². The molecule has 0 fully saturated rings. The number of hydrogen-bond acceptors (Lipinski definition) is 9. The molecule has 3 aromatic heterocycles. The van der Waals surface area contributed by atoms with Crippen molar-refractivity contribution in [2.45, 2.75) is 43.4 Å².